The molecule has 0 radical (unpaired) electrons. The number of rotatable bonds is 4. The van der Waals surface area contributed by atoms with Crippen LogP contribution in [0.3, 0.4) is 0 Å². The van der Waals surface area contributed by atoms with E-state index in [9.17, 15) is 9.18 Å². The van der Waals surface area contributed by atoms with Crippen LogP contribution >= 0.6 is 0 Å². The average molecular weight is 409 g/mol. The molecular weight excluding hydrogens is 379 g/mol. The lowest BCUT2D eigenvalue weighted by Gasteiger charge is -2.46. The summed E-state index contributed by atoms with van der Waals surface area (Å²) < 4.78 is 19.1. The summed E-state index contributed by atoms with van der Waals surface area (Å²) in [6, 6.07) is 10.4. The Hall–Kier alpha value is -2.53. The Bertz CT molecular complexity index is 958. The van der Waals surface area contributed by atoms with Gasteiger partial charge < -0.3 is 10.5 Å². The summed E-state index contributed by atoms with van der Waals surface area (Å²) in [5.74, 6) is 0.641. The maximum Gasteiger partial charge on any atom is 0.314 e. The van der Waals surface area contributed by atoms with E-state index in [1.807, 2.05) is 31.2 Å². The fourth-order valence-corrected chi connectivity index (χ4v) is 5.46. The molecule has 0 unspecified atom stereocenters. The number of pyridine rings is 1. The molecule has 2 N–H and O–H groups in total. The van der Waals surface area contributed by atoms with Gasteiger partial charge in [0.15, 0.2) is 0 Å². The summed E-state index contributed by atoms with van der Waals surface area (Å²) in [4.78, 5) is 17.2. The maximum atomic E-state index is 13.5. The van der Waals surface area contributed by atoms with Crippen molar-refractivity contribution in [3.63, 3.8) is 0 Å². The third-order valence-corrected chi connectivity index (χ3v) is 7.25. The standard InChI is InChI=1S/C25H29FN2O2/c1-15-12-25(14-27)23(17(3)30-24(25)29)22(16(15)2)10-9-21-8-7-19(13-28-21)18-5-4-6-20(26)11-18/h4-11,13,15-17,22-23H,12,14,27H2,1-3H3/t15-,16+,17+,22-,23-,25-/m0/s1. The van der Waals surface area contributed by atoms with Crippen LogP contribution in [-0.2, 0) is 9.53 Å². The van der Waals surface area contributed by atoms with Crippen LogP contribution < -0.4 is 5.73 Å². The summed E-state index contributed by atoms with van der Waals surface area (Å²) in [5, 5.41) is 0. The van der Waals surface area contributed by atoms with Gasteiger partial charge >= 0.3 is 5.97 Å². The highest BCUT2D eigenvalue weighted by atomic mass is 19.1. The first-order valence-corrected chi connectivity index (χ1v) is 10.7. The van der Waals surface area contributed by atoms with Gasteiger partial charge in [0.2, 0.25) is 0 Å². The van der Waals surface area contributed by atoms with E-state index in [1.54, 1.807) is 12.3 Å². The van der Waals surface area contributed by atoms with Gasteiger partial charge in [-0.2, -0.15) is 0 Å². The van der Waals surface area contributed by atoms with E-state index in [0.717, 1.165) is 23.2 Å². The molecule has 30 heavy (non-hydrogen) atoms. The van der Waals surface area contributed by atoms with Crippen LogP contribution in [0.1, 0.15) is 32.9 Å². The summed E-state index contributed by atoms with van der Waals surface area (Å²) in [5.41, 5.74) is 8.04. The normalized spacial score (nSPS) is 33.5. The van der Waals surface area contributed by atoms with Crippen LogP contribution in [0.25, 0.3) is 17.2 Å². The summed E-state index contributed by atoms with van der Waals surface area (Å²) in [6.45, 7) is 6.75. The van der Waals surface area contributed by atoms with E-state index in [0.29, 0.717) is 18.4 Å². The minimum absolute atomic E-state index is 0.0732. The Morgan fingerprint density at radius 2 is 2.03 bits per heavy atom. The fourth-order valence-electron chi connectivity index (χ4n) is 5.46. The molecule has 1 aromatic heterocycles. The molecule has 0 spiro atoms. The van der Waals surface area contributed by atoms with Crippen molar-refractivity contribution in [2.75, 3.05) is 6.54 Å². The van der Waals surface area contributed by atoms with Crippen molar-refractivity contribution in [3.8, 4) is 11.1 Å². The second-order valence-electron chi connectivity index (χ2n) is 8.96. The lowest BCUT2D eigenvalue weighted by Crippen LogP contribution is -2.51. The Balaban J connectivity index is 1.60. The lowest BCUT2D eigenvalue weighted by atomic mass is 9.55. The zero-order valence-corrected chi connectivity index (χ0v) is 17.7. The number of hydrogen-bond acceptors (Lipinski definition) is 4. The lowest BCUT2D eigenvalue weighted by molar-refractivity contribution is -0.149. The van der Waals surface area contributed by atoms with Gasteiger partial charge in [-0.15, -0.1) is 0 Å². The Morgan fingerprint density at radius 1 is 1.23 bits per heavy atom. The van der Waals surface area contributed by atoms with Crippen molar-refractivity contribution in [2.45, 2.75) is 33.3 Å². The topological polar surface area (TPSA) is 65.2 Å². The molecule has 2 fully saturated rings. The average Bonchev–Trinajstić information content (AvgIpc) is 2.98. The number of allylic oxidation sites excluding steroid dienone is 1. The number of nitrogens with two attached hydrogens (primary N) is 1. The number of ether oxygens (including phenoxy) is 1. The van der Waals surface area contributed by atoms with E-state index in [2.05, 4.69) is 24.9 Å². The smallest absolute Gasteiger partial charge is 0.314 e. The van der Waals surface area contributed by atoms with Crippen LogP contribution in [-0.4, -0.2) is 23.6 Å². The summed E-state index contributed by atoms with van der Waals surface area (Å²) in [7, 11) is 0. The monoisotopic (exact) mass is 408 g/mol. The highest BCUT2D eigenvalue weighted by Gasteiger charge is 2.61. The first-order chi connectivity index (χ1) is 14.4. The van der Waals surface area contributed by atoms with Crippen LogP contribution in [0.4, 0.5) is 4.39 Å². The van der Waals surface area contributed by atoms with E-state index in [4.69, 9.17) is 10.5 Å². The zero-order valence-electron chi connectivity index (χ0n) is 17.7. The first kappa shape index (κ1) is 20.7. The van der Waals surface area contributed by atoms with Gasteiger partial charge in [-0.25, -0.2) is 4.39 Å². The van der Waals surface area contributed by atoms with Crippen LogP contribution in [0.2, 0.25) is 0 Å². The molecule has 6 atom stereocenters. The second kappa shape index (κ2) is 7.95. The Labute approximate surface area is 177 Å². The molecule has 2 heterocycles. The summed E-state index contributed by atoms with van der Waals surface area (Å²) >= 11 is 0. The number of aromatic nitrogens is 1. The van der Waals surface area contributed by atoms with E-state index < -0.39 is 5.41 Å². The van der Waals surface area contributed by atoms with Crippen molar-refractivity contribution in [1.82, 2.24) is 4.98 Å². The predicted molar refractivity (Wildman–Crippen MR) is 116 cm³/mol. The fraction of sp³-hybridized carbons (Fsp3) is 0.440. The molecule has 5 heteroatoms. The van der Waals surface area contributed by atoms with Gasteiger partial charge in [0, 0.05) is 24.2 Å². The second-order valence-corrected chi connectivity index (χ2v) is 8.96. The van der Waals surface area contributed by atoms with Crippen LogP contribution in [0.5, 0.6) is 0 Å². The van der Waals surface area contributed by atoms with Gasteiger partial charge in [0.25, 0.3) is 0 Å². The molecule has 0 amide bonds. The number of esters is 1. The van der Waals surface area contributed by atoms with Crippen LogP contribution in [0, 0.1) is 34.9 Å². The SMILES string of the molecule is C[C@H]1[C@H](C=Cc2ccc(-c3cccc(F)c3)cn2)[C@@H]2[C@@H](C)OC(=O)[C@]2(CN)C[C@@H]1C. The van der Waals surface area contributed by atoms with E-state index in [1.165, 1.54) is 12.1 Å². The third kappa shape index (κ3) is 3.45. The number of nitrogens with zero attached hydrogens (tertiary/aromatic N) is 1. The molecule has 4 nitrogen and oxygen atoms in total. The first-order valence-electron chi connectivity index (χ1n) is 10.7. The quantitative estimate of drug-likeness (QED) is 0.745. The molecule has 1 saturated carbocycles. The minimum Gasteiger partial charge on any atom is -0.462 e. The predicted octanol–water partition coefficient (Wildman–Crippen LogP) is 4.70. The molecule has 0 bridgehead atoms. The van der Waals surface area contributed by atoms with Crippen molar-refractivity contribution in [3.05, 3.63) is 60.2 Å². The van der Waals surface area contributed by atoms with Gasteiger partial charge in [-0.05, 0) is 60.9 Å². The van der Waals surface area contributed by atoms with Gasteiger partial charge in [-0.1, -0.05) is 38.1 Å². The van der Waals surface area contributed by atoms with E-state index in [-0.39, 0.29) is 29.7 Å². The Kier molecular flexibility index (Phi) is 5.49. The molecule has 2 aliphatic rings. The number of fused-ring (bicyclic) bond motifs is 1. The maximum absolute atomic E-state index is 13.5. The highest BCUT2D eigenvalue weighted by Crippen LogP contribution is 2.55. The number of hydrogen-bond donors (Lipinski definition) is 1. The van der Waals surface area contributed by atoms with Crippen LogP contribution in [0.15, 0.2) is 48.7 Å². The van der Waals surface area contributed by atoms with Gasteiger partial charge in [0.1, 0.15) is 11.9 Å². The number of carbonyl (C=O) groups is 1. The van der Waals surface area contributed by atoms with Gasteiger partial charge in [0.05, 0.1) is 11.1 Å². The zero-order chi connectivity index (χ0) is 21.5. The van der Waals surface area contributed by atoms with E-state index >= 15 is 0 Å². The van der Waals surface area contributed by atoms with Crippen molar-refractivity contribution in [1.29, 1.82) is 0 Å². The molecule has 1 aliphatic carbocycles. The third-order valence-electron chi connectivity index (χ3n) is 7.25. The molecule has 1 saturated heterocycles. The van der Waals surface area contributed by atoms with Crippen molar-refractivity contribution in [2.24, 2.45) is 34.8 Å². The minimum atomic E-state index is -0.588. The molecular formula is C25H29FN2O2. The molecule has 1 aliphatic heterocycles. The molecule has 2 aromatic rings. The largest absolute Gasteiger partial charge is 0.462 e. The number of carbonyl (C=O) groups excluding carboxylic acids is 1. The molecule has 1 aromatic carbocycles. The molecule has 158 valence electrons. The van der Waals surface area contributed by atoms with Crippen molar-refractivity contribution >= 4 is 12.0 Å². The highest BCUT2D eigenvalue weighted by molar-refractivity contribution is 5.80. The van der Waals surface area contributed by atoms with Crippen molar-refractivity contribution < 1.29 is 13.9 Å². The number of cyclic esters (lactones) is 1. The van der Waals surface area contributed by atoms with Gasteiger partial charge in [-0.3, -0.25) is 9.78 Å². The molecule has 4 rings (SSSR count). The number of halogens is 1. The summed E-state index contributed by atoms with van der Waals surface area (Å²) in [6.07, 6.45) is 6.59. The number of benzene rings is 1. The Morgan fingerprint density at radius 3 is 2.70 bits per heavy atom.